The van der Waals surface area contributed by atoms with E-state index in [1.807, 2.05) is 43.3 Å². The molecule has 0 spiro atoms. The van der Waals surface area contributed by atoms with E-state index in [0.717, 1.165) is 11.3 Å². The molecule has 0 bridgehead atoms. The van der Waals surface area contributed by atoms with E-state index >= 15 is 0 Å². The Balaban J connectivity index is 2.30. The van der Waals surface area contributed by atoms with Gasteiger partial charge in [-0.05, 0) is 42.7 Å². The van der Waals surface area contributed by atoms with E-state index in [1.54, 1.807) is 6.20 Å². The summed E-state index contributed by atoms with van der Waals surface area (Å²) >= 11 is 0. The highest BCUT2D eigenvalue weighted by molar-refractivity contribution is 5.32. The van der Waals surface area contributed by atoms with Crippen LogP contribution in [0.5, 0.6) is 0 Å². The first-order valence-electron chi connectivity index (χ1n) is 6.49. The van der Waals surface area contributed by atoms with Crippen LogP contribution in [-0.4, -0.2) is 16.6 Å². The van der Waals surface area contributed by atoms with E-state index in [2.05, 4.69) is 11.9 Å². The van der Waals surface area contributed by atoms with Crippen molar-refractivity contribution in [2.45, 2.75) is 25.9 Å². The van der Waals surface area contributed by atoms with Gasteiger partial charge in [0.2, 0.25) is 0 Å². The maximum absolute atomic E-state index is 10.5. The van der Waals surface area contributed by atoms with E-state index in [4.69, 9.17) is 5.73 Å². The zero-order valence-electron chi connectivity index (χ0n) is 11.4. The van der Waals surface area contributed by atoms with Gasteiger partial charge in [0.25, 0.3) is 0 Å². The molecule has 0 aliphatic rings. The smallest absolute Gasteiger partial charge is 0.0885 e. The van der Waals surface area contributed by atoms with Gasteiger partial charge in [-0.1, -0.05) is 24.3 Å². The fourth-order valence-corrected chi connectivity index (χ4v) is 2.19. The molecule has 0 aliphatic carbocycles. The minimum absolute atomic E-state index is 0.177. The third-order valence-electron chi connectivity index (χ3n) is 3.58. The molecule has 2 rings (SSSR count). The number of nitrogens with two attached hydrogens (primary N) is 1. The number of aryl methyl sites for hydroxylation is 2. The molecule has 2 aromatic rings. The number of aliphatic hydroxyl groups excluding tert-OH is 1. The Morgan fingerprint density at radius 1 is 1.16 bits per heavy atom. The Labute approximate surface area is 114 Å². The minimum Gasteiger partial charge on any atom is -0.388 e. The van der Waals surface area contributed by atoms with Gasteiger partial charge in [0.15, 0.2) is 0 Å². The second kappa shape index (κ2) is 5.95. The van der Waals surface area contributed by atoms with Crippen molar-refractivity contribution in [2.75, 3.05) is 6.54 Å². The summed E-state index contributed by atoms with van der Waals surface area (Å²) in [5.41, 5.74) is 9.93. The summed E-state index contributed by atoms with van der Waals surface area (Å²) < 4.78 is 0. The molecule has 0 saturated carbocycles. The number of nitrogens with zero attached hydrogens (tertiary/aromatic N) is 1. The van der Waals surface area contributed by atoms with Crippen molar-refractivity contribution in [3.8, 4) is 0 Å². The second-order valence-electron chi connectivity index (χ2n) is 4.89. The number of benzene rings is 1. The average molecular weight is 256 g/mol. The topological polar surface area (TPSA) is 59.1 Å². The molecule has 19 heavy (non-hydrogen) atoms. The predicted molar refractivity (Wildman–Crippen MR) is 76.9 cm³/mol. The Hall–Kier alpha value is -1.71. The monoisotopic (exact) mass is 256 g/mol. The predicted octanol–water partition coefficient (Wildman–Crippen LogP) is 2.47. The summed E-state index contributed by atoms with van der Waals surface area (Å²) in [6, 6.07) is 11.7. The van der Waals surface area contributed by atoms with Crippen molar-refractivity contribution in [2.24, 2.45) is 5.73 Å². The van der Waals surface area contributed by atoms with Crippen molar-refractivity contribution in [3.63, 3.8) is 0 Å². The maximum atomic E-state index is 10.5. The minimum atomic E-state index is -0.626. The molecule has 0 radical (unpaired) electrons. The quantitative estimate of drug-likeness (QED) is 0.883. The number of aliphatic hydroxyl groups is 1. The number of aromatic nitrogens is 1. The molecule has 1 aromatic heterocycles. The first-order chi connectivity index (χ1) is 9.13. The molecular weight excluding hydrogens is 236 g/mol. The lowest BCUT2D eigenvalue weighted by atomic mass is 9.91. The lowest BCUT2D eigenvalue weighted by molar-refractivity contribution is 0.145. The fraction of sp³-hybridized carbons (Fsp3) is 0.312. The molecular formula is C16H20N2O. The lowest BCUT2D eigenvalue weighted by Gasteiger charge is -2.22. The summed E-state index contributed by atoms with van der Waals surface area (Å²) in [6.07, 6.45) is 1.10. The van der Waals surface area contributed by atoms with Crippen LogP contribution in [0, 0.1) is 13.8 Å². The highest BCUT2D eigenvalue weighted by Crippen LogP contribution is 2.29. The van der Waals surface area contributed by atoms with Gasteiger partial charge < -0.3 is 10.8 Å². The number of rotatable bonds is 4. The van der Waals surface area contributed by atoms with Crippen LogP contribution in [0.25, 0.3) is 0 Å². The van der Waals surface area contributed by atoms with Crippen LogP contribution in [-0.2, 0) is 0 Å². The van der Waals surface area contributed by atoms with Crippen LogP contribution in [0.2, 0.25) is 0 Å². The molecule has 3 nitrogen and oxygen atoms in total. The average Bonchev–Trinajstić information content (AvgIpc) is 2.44. The van der Waals surface area contributed by atoms with Gasteiger partial charge in [-0.25, -0.2) is 0 Å². The number of hydrogen-bond donors (Lipinski definition) is 2. The van der Waals surface area contributed by atoms with Gasteiger partial charge in [0, 0.05) is 24.4 Å². The van der Waals surface area contributed by atoms with Gasteiger partial charge >= 0.3 is 0 Å². The van der Waals surface area contributed by atoms with Crippen LogP contribution >= 0.6 is 0 Å². The molecule has 3 N–H and O–H groups in total. The summed E-state index contributed by atoms with van der Waals surface area (Å²) in [4.78, 5) is 4.30. The van der Waals surface area contributed by atoms with Crippen molar-refractivity contribution in [1.29, 1.82) is 0 Å². The summed E-state index contributed by atoms with van der Waals surface area (Å²) in [5.74, 6) is -0.177. The number of pyridine rings is 1. The summed E-state index contributed by atoms with van der Waals surface area (Å²) in [7, 11) is 0. The van der Waals surface area contributed by atoms with E-state index < -0.39 is 6.10 Å². The maximum Gasteiger partial charge on any atom is 0.0885 e. The van der Waals surface area contributed by atoms with Crippen LogP contribution in [0.3, 0.4) is 0 Å². The standard InChI is InChI=1S/C16H20N2O/c1-11-6-7-13(9-12(11)2)16(19)14(10-17)15-5-3-4-8-18-15/h3-9,14,16,19H,10,17H2,1-2H3. The zero-order valence-corrected chi connectivity index (χ0v) is 11.4. The van der Waals surface area contributed by atoms with Crippen LogP contribution in [0.15, 0.2) is 42.6 Å². The van der Waals surface area contributed by atoms with Gasteiger partial charge in [-0.2, -0.15) is 0 Å². The van der Waals surface area contributed by atoms with Gasteiger partial charge in [-0.3, -0.25) is 4.98 Å². The Morgan fingerprint density at radius 2 is 1.95 bits per heavy atom. The molecule has 1 heterocycles. The van der Waals surface area contributed by atoms with Crippen LogP contribution in [0.4, 0.5) is 0 Å². The fourth-order valence-electron chi connectivity index (χ4n) is 2.19. The largest absolute Gasteiger partial charge is 0.388 e. The van der Waals surface area contributed by atoms with Gasteiger partial charge in [0.1, 0.15) is 0 Å². The summed E-state index contributed by atoms with van der Waals surface area (Å²) in [5, 5.41) is 10.5. The molecule has 2 unspecified atom stereocenters. The molecule has 0 amide bonds. The Bertz CT molecular complexity index is 540. The third kappa shape index (κ3) is 3.00. The molecule has 2 atom stereocenters. The van der Waals surface area contributed by atoms with Gasteiger partial charge in [-0.15, -0.1) is 0 Å². The molecule has 0 saturated heterocycles. The van der Waals surface area contributed by atoms with Crippen molar-refractivity contribution >= 4 is 0 Å². The highest BCUT2D eigenvalue weighted by Gasteiger charge is 2.22. The van der Waals surface area contributed by atoms with Crippen molar-refractivity contribution in [1.82, 2.24) is 4.98 Å². The lowest BCUT2D eigenvalue weighted by Crippen LogP contribution is -2.21. The van der Waals surface area contributed by atoms with E-state index in [9.17, 15) is 5.11 Å². The molecule has 1 aromatic carbocycles. The SMILES string of the molecule is Cc1ccc(C(O)C(CN)c2ccccn2)cc1C. The Kier molecular flexibility index (Phi) is 4.30. The van der Waals surface area contributed by atoms with Crippen molar-refractivity contribution < 1.29 is 5.11 Å². The second-order valence-corrected chi connectivity index (χ2v) is 4.89. The van der Waals surface area contributed by atoms with Crippen LogP contribution < -0.4 is 5.73 Å². The third-order valence-corrected chi connectivity index (χ3v) is 3.58. The van der Waals surface area contributed by atoms with E-state index in [0.29, 0.717) is 6.54 Å². The molecule has 3 heteroatoms. The zero-order chi connectivity index (χ0) is 13.8. The molecule has 0 aliphatic heterocycles. The summed E-state index contributed by atoms with van der Waals surface area (Å²) in [6.45, 7) is 4.47. The first-order valence-corrected chi connectivity index (χ1v) is 6.49. The Morgan fingerprint density at radius 3 is 2.53 bits per heavy atom. The van der Waals surface area contributed by atoms with Gasteiger partial charge in [0.05, 0.1) is 6.10 Å². The first kappa shape index (κ1) is 13.7. The van der Waals surface area contributed by atoms with Crippen LogP contribution in [0.1, 0.15) is 34.4 Å². The molecule has 100 valence electrons. The van der Waals surface area contributed by atoms with Crippen molar-refractivity contribution in [3.05, 3.63) is 65.0 Å². The number of hydrogen-bond acceptors (Lipinski definition) is 3. The highest BCUT2D eigenvalue weighted by atomic mass is 16.3. The van der Waals surface area contributed by atoms with E-state index in [-0.39, 0.29) is 5.92 Å². The molecule has 0 fully saturated rings. The van der Waals surface area contributed by atoms with E-state index in [1.165, 1.54) is 11.1 Å². The normalized spacial score (nSPS) is 14.1.